The minimum atomic E-state index is -0.995. The maximum Gasteiger partial charge on any atom is 2.00 e. The second kappa shape index (κ2) is 12.4. The summed E-state index contributed by atoms with van der Waals surface area (Å²) in [5, 5.41) is 18.5. The normalized spacial score (nSPS) is 10.6. The Balaban J connectivity index is 0.000000520. The van der Waals surface area contributed by atoms with E-state index in [1.807, 2.05) is 0 Å². The van der Waals surface area contributed by atoms with Crippen LogP contribution >= 0.6 is 0 Å². The van der Waals surface area contributed by atoms with E-state index in [4.69, 9.17) is 0 Å². The van der Waals surface area contributed by atoms with E-state index in [0.717, 1.165) is 0 Å². The van der Waals surface area contributed by atoms with Crippen molar-refractivity contribution in [2.24, 2.45) is 0 Å². The summed E-state index contributed by atoms with van der Waals surface area (Å²) in [6, 6.07) is 13.9. The summed E-state index contributed by atoms with van der Waals surface area (Å²) < 4.78 is 0. The molecule has 7 heteroatoms. The van der Waals surface area contributed by atoms with Crippen molar-refractivity contribution in [1.82, 2.24) is 0 Å². The first-order valence-electron chi connectivity index (χ1n) is 8.00. The van der Waals surface area contributed by atoms with Gasteiger partial charge in [-0.05, 0) is 12.8 Å². The van der Waals surface area contributed by atoms with E-state index < -0.39 is 11.9 Å². The molecule has 0 radical (unpaired) electrons. The number of carbonyl (C=O) groups excluding carboxylic acids is 4. The molecule has 136 valence electrons. The Kier molecular flexibility index (Phi) is 11.5. The van der Waals surface area contributed by atoms with Gasteiger partial charge in [-0.15, -0.1) is 0 Å². The monoisotopic (exact) mass is 394 g/mol. The van der Waals surface area contributed by atoms with Crippen LogP contribution in [0.2, 0.25) is 0 Å². The van der Waals surface area contributed by atoms with Crippen LogP contribution in [-0.4, -0.2) is 61.2 Å². The Morgan fingerprint density at radius 1 is 0.667 bits per heavy atom. The van der Waals surface area contributed by atoms with E-state index >= 15 is 0 Å². The molecule has 0 bridgehead atoms. The molecular formula is C20H18CaO6. The number of benzene rings is 2. The van der Waals surface area contributed by atoms with Gasteiger partial charge < -0.3 is 19.8 Å². The van der Waals surface area contributed by atoms with Crippen LogP contribution < -0.4 is 10.2 Å². The fourth-order valence-electron chi connectivity index (χ4n) is 2.05. The van der Waals surface area contributed by atoms with Gasteiger partial charge in [0.05, 0.1) is 0 Å². The summed E-state index contributed by atoms with van der Waals surface area (Å²) in [6.45, 7) is 3.07. The second-order valence-electron chi connectivity index (χ2n) is 5.20. The summed E-state index contributed by atoms with van der Waals surface area (Å²) in [6.07, 6.45) is 0.222. The molecule has 27 heavy (non-hydrogen) atoms. The molecule has 2 aromatic carbocycles. The van der Waals surface area contributed by atoms with Gasteiger partial charge in [-0.2, -0.15) is 0 Å². The Hall–Kier alpha value is -2.02. The zero-order valence-corrected chi connectivity index (χ0v) is 17.4. The Morgan fingerprint density at radius 2 is 0.852 bits per heavy atom. The number of carbonyl (C=O) groups is 4. The average Bonchev–Trinajstić information content (AvgIpc) is 2.67. The number of carboxylic acids is 2. The van der Waals surface area contributed by atoms with Crippen molar-refractivity contribution in [1.29, 1.82) is 0 Å². The average molecular weight is 394 g/mol. The van der Waals surface area contributed by atoms with Crippen LogP contribution in [0, 0.1) is 0 Å². The van der Waals surface area contributed by atoms with Crippen LogP contribution in [-0.2, 0) is 9.59 Å². The van der Waals surface area contributed by atoms with Gasteiger partial charge in [0.1, 0.15) is 0 Å². The van der Waals surface area contributed by atoms with Crippen molar-refractivity contribution in [3.63, 3.8) is 0 Å². The summed E-state index contributed by atoms with van der Waals surface area (Å²) in [4.78, 5) is 42.7. The van der Waals surface area contributed by atoms with E-state index in [1.165, 1.54) is 13.8 Å². The van der Waals surface area contributed by atoms with Crippen molar-refractivity contribution in [2.75, 3.05) is 0 Å². The molecule has 0 unspecified atom stereocenters. The molecule has 0 aliphatic heterocycles. The molecule has 1 aliphatic carbocycles. The molecule has 0 N–H and O–H groups in total. The van der Waals surface area contributed by atoms with Gasteiger partial charge in [0.2, 0.25) is 0 Å². The van der Waals surface area contributed by atoms with Crippen LogP contribution in [0.5, 0.6) is 0 Å². The number of ketones is 2. The Bertz CT molecular complexity index is 709. The minimum Gasteiger partial charge on any atom is -0.550 e. The zero-order valence-electron chi connectivity index (χ0n) is 15.2. The van der Waals surface area contributed by atoms with Crippen LogP contribution in [0.15, 0.2) is 48.5 Å². The number of hydrogen-bond acceptors (Lipinski definition) is 6. The first-order valence-corrected chi connectivity index (χ1v) is 8.00. The number of hydrogen-bond donors (Lipinski definition) is 0. The van der Waals surface area contributed by atoms with Gasteiger partial charge in [-0.1, -0.05) is 62.4 Å². The van der Waals surface area contributed by atoms with Gasteiger partial charge >= 0.3 is 37.7 Å². The number of fused-ring (bicyclic) bond motifs is 2. The molecule has 2 aromatic rings. The molecule has 0 fully saturated rings. The van der Waals surface area contributed by atoms with Crippen molar-refractivity contribution >= 4 is 61.2 Å². The van der Waals surface area contributed by atoms with Crippen molar-refractivity contribution in [3.8, 4) is 0 Å². The summed E-state index contributed by atoms with van der Waals surface area (Å²) in [5.74, 6) is -2.12. The largest absolute Gasteiger partial charge is 2.00 e. The predicted molar refractivity (Wildman–Crippen MR) is 96.1 cm³/mol. The Labute approximate surface area is 187 Å². The van der Waals surface area contributed by atoms with Crippen LogP contribution in [0.25, 0.3) is 0 Å². The van der Waals surface area contributed by atoms with Gasteiger partial charge in [-0.3, -0.25) is 9.59 Å². The van der Waals surface area contributed by atoms with Crippen molar-refractivity contribution in [3.05, 3.63) is 70.8 Å². The maximum atomic E-state index is 12.1. The second-order valence-corrected chi connectivity index (χ2v) is 5.20. The molecule has 3 rings (SSSR count). The van der Waals surface area contributed by atoms with Crippen LogP contribution in [0.4, 0.5) is 0 Å². The summed E-state index contributed by atoms with van der Waals surface area (Å²) in [7, 11) is 0. The predicted octanol–water partition coefficient (Wildman–Crippen LogP) is 0.374. The van der Waals surface area contributed by atoms with E-state index in [-0.39, 0.29) is 62.1 Å². The molecule has 0 saturated carbocycles. The molecule has 0 aromatic heterocycles. The fourth-order valence-corrected chi connectivity index (χ4v) is 2.05. The van der Waals surface area contributed by atoms with E-state index in [2.05, 4.69) is 0 Å². The molecule has 0 atom stereocenters. The maximum absolute atomic E-state index is 12.1. The van der Waals surface area contributed by atoms with Gasteiger partial charge in [0, 0.05) is 34.2 Å². The molecule has 0 saturated heterocycles. The number of rotatable bonds is 2. The Morgan fingerprint density at radius 3 is 1.00 bits per heavy atom. The van der Waals surface area contributed by atoms with Crippen molar-refractivity contribution < 1.29 is 29.4 Å². The molecule has 1 aliphatic rings. The van der Waals surface area contributed by atoms with Crippen LogP contribution in [0.1, 0.15) is 58.5 Å². The first kappa shape index (κ1) is 25.0. The number of carboxylic acid groups (broad SMARTS) is 2. The molecular weight excluding hydrogens is 376 g/mol. The van der Waals surface area contributed by atoms with Gasteiger partial charge in [0.25, 0.3) is 0 Å². The smallest absolute Gasteiger partial charge is 0.550 e. The van der Waals surface area contributed by atoms with E-state index in [1.54, 1.807) is 48.5 Å². The van der Waals surface area contributed by atoms with E-state index in [9.17, 15) is 29.4 Å². The zero-order chi connectivity index (χ0) is 19.7. The SMILES string of the molecule is CCC(=O)[O-].CCC(=O)[O-].O=C1c2ccccc2C(=O)c2ccccc21.[Ca+2]. The molecule has 6 nitrogen and oxygen atoms in total. The van der Waals surface area contributed by atoms with Gasteiger partial charge in [0.15, 0.2) is 11.6 Å². The third-order valence-corrected chi connectivity index (χ3v) is 3.41. The quantitative estimate of drug-likeness (QED) is 0.580. The van der Waals surface area contributed by atoms with Crippen molar-refractivity contribution in [2.45, 2.75) is 26.7 Å². The fraction of sp³-hybridized carbons (Fsp3) is 0.200. The topological polar surface area (TPSA) is 114 Å². The minimum absolute atomic E-state index is 0. The first-order chi connectivity index (χ1) is 12.3. The van der Waals surface area contributed by atoms with E-state index in [0.29, 0.717) is 22.3 Å². The third kappa shape index (κ3) is 7.25. The third-order valence-electron chi connectivity index (χ3n) is 3.41. The molecule has 0 amide bonds. The summed E-state index contributed by atoms with van der Waals surface area (Å²) >= 11 is 0. The van der Waals surface area contributed by atoms with Crippen LogP contribution in [0.3, 0.4) is 0 Å². The molecule has 0 heterocycles. The molecule has 0 spiro atoms. The number of aliphatic carboxylic acids is 2. The standard InChI is InChI=1S/C14H8O2.2C3H6O2.Ca/c15-13-9-5-1-2-6-10(9)14(16)12-8-4-3-7-11(12)13;2*1-2-3(4)5;/h1-8H;2*2H2,1H3,(H,4,5);/q;;;+2/p-2. The summed E-state index contributed by atoms with van der Waals surface area (Å²) in [5.41, 5.74) is 2.02. The van der Waals surface area contributed by atoms with Gasteiger partial charge in [-0.25, -0.2) is 0 Å².